The van der Waals surface area contributed by atoms with Gasteiger partial charge in [-0.15, -0.1) is 0 Å². The third kappa shape index (κ3) is 3.29. The third-order valence-electron chi connectivity index (χ3n) is 3.25. The molecule has 0 radical (unpaired) electrons. The average molecular weight is 236 g/mol. The van der Waals surface area contributed by atoms with Crippen LogP contribution in [0.5, 0.6) is 5.75 Å². The van der Waals surface area contributed by atoms with E-state index in [0.29, 0.717) is 6.42 Å². The van der Waals surface area contributed by atoms with Gasteiger partial charge in [-0.2, -0.15) is 0 Å². The fourth-order valence-electron chi connectivity index (χ4n) is 2.28. The molecule has 0 heterocycles. The summed E-state index contributed by atoms with van der Waals surface area (Å²) >= 11 is 0. The van der Waals surface area contributed by atoms with Crippen LogP contribution in [0.4, 0.5) is 4.39 Å². The van der Waals surface area contributed by atoms with Crippen molar-refractivity contribution < 1.29 is 13.9 Å². The van der Waals surface area contributed by atoms with E-state index in [0.717, 1.165) is 25.7 Å². The summed E-state index contributed by atoms with van der Waals surface area (Å²) in [5.74, 6) is 0.339. The maximum absolute atomic E-state index is 13.2. The summed E-state index contributed by atoms with van der Waals surface area (Å²) in [5, 5.41) is 0. The van der Waals surface area contributed by atoms with E-state index >= 15 is 0 Å². The zero-order valence-corrected chi connectivity index (χ0v) is 9.82. The molecule has 0 aliphatic heterocycles. The maximum atomic E-state index is 13.2. The third-order valence-corrected chi connectivity index (χ3v) is 3.25. The minimum atomic E-state index is -0.374. The van der Waals surface area contributed by atoms with Crippen LogP contribution < -0.4 is 4.74 Å². The Balaban J connectivity index is 1.76. The van der Waals surface area contributed by atoms with Crippen molar-refractivity contribution in [3.63, 3.8) is 0 Å². The highest BCUT2D eigenvalue weighted by molar-refractivity contribution is 5.81. The Morgan fingerprint density at radius 2 is 2.00 bits per heavy atom. The van der Waals surface area contributed by atoms with Crippen LogP contribution in [-0.2, 0) is 4.79 Å². The molecule has 2 rings (SSSR count). The van der Waals surface area contributed by atoms with Crippen molar-refractivity contribution in [3.8, 4) is 5.75 Å². The molecule has 0 unspecified atom stereocenters. The molecule has 0 amide bonds. The van der Waals surface area contributed by atoms with E-state index in [1.165, 1.54) is 6.07 Å². The first kappa shape index (κ1) is 12.1. The number of halogens is 1. The Kier molecular flexibility index (Phi) is 4.13. The molecule has 2 nitrogen and oxygen atoms in total. The summed E-state index contributed by atoms with van der Waals surface area (Å²) in [7, 11) is 0. The highest BCUT2D eigenvalue weighted by atomic mass is 19.1. The highest BCUT2D eigenvalue weighted by Gasteiger charge is 2.22. The Morgan fingerprint density at radius 3 is 2.71 bits per heavy atom. The zero-order valence-electron chi connectivity index (χ0n) is 9.82. The first-order valence-corrected chi connectivity index (χ1v) is 6.17. The molecule has 1 aliphatic rings. The molecule has 17 heavy (non-hydrogen) atoms. The molecule has 0 atom stereocenters. The smallest absolute Gasteiger partial charge is 0.165 e. The van der Waals surface area contributed by atoms with Gasteiger partial charge in [-0.3, -0.25) is 4.79 Å². The summed E-state index contributed by atoms with van der Waals surface area (Å²) in [4.78, 5) is 11.7. The monoisotopic (exact) mass is 236 g/mol. The van der Waals surface area contributed by atoms with Crippen molar-refractivity contribution in [1.29, 1.82) is 0 Å². The van der Waals surface area contributed by atoms with Crippen LogP contribution in [0.1, 0.15) is 32.1 Å². The second-order valence-electron chi connectivity index (χ2n) is 4.48. The van der Waals surface area contributed by atoms with Crippen molar-refractivity contribution in [2.24, 2.45) is 5.92 Å². The molecule has 92 valence electrons. The normalized spacial score (nSPS) is 16.1. The lowest BCUT2D eigenvalue weighted by Crippen LogP contribution is -2.14. The highest BCUT2D eigenvalue weighted by Crippen LogP contribution is 2.26. The summed E-state index contributed by atoms with van der Waals surface area (Å²) in [6, 6.07) is 6.27. The lowest BCUT2D eigenvalue weighted by atomic mass is 10.0. The van der Waals surface area contributed by atoms with Gasteiger partial charge in [0.05, 0.1) is 6.61 Å². The first-order chi connectivity index (χ1) is 8.27. The van der Waals surface area contributed by atoms with Crippen molar-refractivity contribution in [2.75, 3.05) is 6.61 Å². The molecule has 0 bridgehead atoms. The van der Waals surface area contributed by atoms with E-state index in [1.54, 1.807) is 18.2 Å². The number of ketones is 1. The van der Waals surface area contributed by atoms with Gasteiger partial charge in [-0.1, -0.05) is 25.0 Å². The molecule has 0 aromatic heterocycles. The molecule has 1 aromatic carbocycles. The molecule has 1 aliphatic carbocycles. The van der Waals surface area contributed by atoms with Gasteiger partial charge in [-0.05, 0) is 25.0 Å². The molecule has 1 fully saturated rings. The van der Waals surface area contributed by atoms with E-state index in [-0.39, 0.29) is 29.9 Å². The summed E-state index contributed by atoms with van der Waals surface area (Å²) in [6.07, 6.45) is 4.73. The Bertz CT molecular complexity index is 384. The predicted octanol–water partition coefficient (Wildman–Crippen LogP) is 3.35. The minimum absolute atomic E-state index is 0.222. The van der Waals surface area contributed by atoms with Gasteiger partial charge in [-0.25, -0.2) is 4.39 Å². The fraction of sp³-hybridized carbons (Fsp3) is 0.500. The number of benzene rings is 1. The number of hydrogen-bond donors (Lipinski definition) is 0. The van der Waals surface area contributed by atoms with Crippen LogP contribution in [0.3, 0.4) is 0 Å². The Morgan fingerprint density at radius 1 is 1.29 bits per heavy atom. The van der Waals surface area contributed by atoms with Crippen LogP contribution >= 0.6 is 0 Å². The SMILES string of the molecule is O=C(CCOc1ccccc1F)C1CCCC1. The number of ether oxygens (including phenoxy) is 1. The van der Waals surface area contributed by atoms with Gasteiger partial charge in [0.1, 0.15) is 5.78 Å². The van der Waals surface area contributed by atoms with Crippen molar-refractivity contribution in [1.82, 2.24) is 0 Å². The molecular weight excluding hydrogens is 219 g/mol. The summed E-state index contributed by atoms with van der Waals surface area (Å²) in [6.45, 7) is 0.274. The zero-order chi connectivity index (χ0) is 12.1. The molecular formula is C14H17FO2. The number of para-hydroxylation sites is 1. The number of carbonyl (C=O) groups is 1. The fourth-order valence-corrected chi connectivity index (χ4v) is 2.28. The van der Waals surface area contributed by atoms with E-state index in [9.17, 15) is 9.18 Å². The van der Waals surface area contributed by atoms with E-state index < -0.39 is 0 Å². The summed E-state index contributed by atoms with van der Waals surface area (Å²) < 4.78 is 18.5. The average Bonchev–Trinajstić information content (AvgIpc) is 2.85. The second-order valence-corrected chi connectivity index (χ2v) is 4.48. The lowest BCUT2D eigenvalue weighted by molar-refractivity contribution is -0.123. The minimum Gasteiger partial charge on any atom is -0.490 e. The molecule has 0 saturated heterocycles. The topological polar surface area (TPSA) is 26.3 Å². The molecule has 1 aromatic rings. The largest absolute Gasteiger partial charge is 0.490 e. The van der Waals surface area contributed by atoms with Crippen LogP contribution in [0.25, 0.3) is 0 Å². The molecule has 0 spiro atoms. The van der Waals surface area contributed by atoms with Gasteiger partial charge in [0.25, 0.3) is 0 Å². The van der Waals surface area contributed by atoms with Crippen molar-refractivity contribution >= 4 is 5.78 Å². The van der Waals surface area contributed by atoms with E-state index in [2.05, 4.69) is 0 Å². The first-order valence-electron chi connectivity index (χ1n) is 6.17. The Labute approximate surface area is 101 Å². The van der Waals surface area contributed by atoms with Gasteiger partial charge in [0.2, 0.25) is 0 Å². The second kappa shape index (κ2) is 5.80. The van der Waals surface area contributed by atoms with Crippen LogP contribution in [0.15, 0.2) is 24.3 Å². The quantitative estimate of drug-likeness (QED) is 0.783. The van der Waals surface area contributed by atoms with Gasteiger partial charge in [0.15, 0.2) is 11.6 Å². The number of hydrogen-bond acceptors (Lipinski definition) is 2. The predicted molar refractivity (Wildman–Crippen MR) is 63.5 cm³/mol. The lowest BCUT2D eigenvalue weighted by Gasteiger charge is -2.09. The maximum Gasteiger partial charge on any atom is 0.165 e. The molecule has 0 N–H and O–H groups in total. The van der Waals surface area contributed by atoms with Crippen molar-refractivity contribution in [2.45, 2.75) is 32.1 Å². The molecule has 3 heteroatoms. The van der Waals surface area contributed by atoms with Gasteiger partial charge in [0, 0.05) is 12.3 Å². The molecule has 1 saturated carbocycles. The van der Waals surface area contributed by atoms with E-state index in [1.807, 2.05) is 0 Å². The van der Waals surface area contributed by atoms with Gasteiger partial charge >= 0.3 is 0 Å². The standard InChI is InChI=1S/C14H17FO2/c15-12-7-3-4-8-14(12)17-10-9-13(16)11-5-1-2-6-11/h3-4,7-8,11H,1-2,5-6,9-10H2. The summed E-state index contributed by atoms with van der Waals surface area (Å²) in [5.41, 5.74) is 0. The van der Waals surface area contributed by atoms with Crippen LogP contribution in [0.2, 0.25) is 0 Å². The number of Topliss-reactive ketones (excluding diaryl/α,β-unsaturated/α-hetero) is 1. The van der Waals surface area contributed by atoms with Crippen molar-refractivity contribution in [3.05, 3.63) is 30.1 Å². The van der Waals surface area contributed by atoms with E-state index in [4.69, 9.17) is 4.74 Å². The number of carbonyl (C=O) groups excluding carboxylic acids is 1. The van der Waals surface area contributed by atoms with Crippen LogP contribution in [-0.4, -0.2) is 12.4 Å². The van der Waals surface area contributed by atoms with Gasteiger partial charge < -0.3 is 4.74 Å². The van der Waals surface area contributed by atoms with Crippen LogP contribution in [0, 0.1) is 11.7 Å². The Hall–Kier alpha value is -1.38. The number of rotatable bonds is 5.